The monoisotopic (exact) mass is 427 g/mol. The van der Waals surface area contributed by atoms with Gasteiger partial charge in [0.2, 0.25) is 10.0 Å². The van der Waals surface area contributed by atoms with Crippen molar-refractivity contribution in [2.24, 2.45) is 0 Å². The highest BCUT2D eigenvalue weighted by molar-refractivity contribution is 7.89. The minimum Gasteiger partial charge on any atom is -0.423 e. The first-order valence-electron chi connectivity index (χ1n) is 9.70. The first kappa shape index (κ1) is 20.2. The van der Waals surface area contributed by atoms with Crippen molar-refractivity contribution in [3.63, 3.8) is 0 Å². The Labute approximate surface area is 174 Å². The number of nitrogens with zero attached hydrogens (tertiary/aromatic N) is 5. The van der Waals surface area contributed by atoms with Crippen molar-refractivity contribution in [3.05, 3.63) is 60.4 Å². The molecule has 0 bridgehead atoms. The van der Waals surface area contributed by atoms with E-state index in [4.69, 9.17) is 4.74 Å². The predicted molar refractivity (Wildman–Crippen MR) is 108 cm³/mol. The lowest BCUT2D eigenvalue weighted by molar-refractivity contribution is 0.0734. The maximum absolute atomic E-state index is 13.0. The molecule has 0 atom stereocenters. The highest BCUT2D eigenvalue weighted by Crippen LogP contribution is 2.22. The number of hydrogen-bond donors (Lipinski definition) is 0. The zero-order valence-electron chi connectivity index (χ0n) is 16.2. The average Bonchev–Trinajstić information content (AvgIpc) is 3.16. The van der Waals surface area contributed by atoms with Gasteiger partial charge in [-0.1, -0.05) is 18.9 Å². The summed E-state index contributed by atoms with van der Waals surface area (Å²) in [5, 5.41) is 10.9. The normalized spacial score (nSPS) is 15.5. The number of sulfonamides is 1. The van der Waals surface area contributed by atoms with Crippen molar-refractivity contribution in [2.75, 3.05) is 13.1 Å². The molecule has 0 radical (unpaired) electrons. The molecule has 9 nitrogen and oxygen atoms in total. The molecule has 1 aliphatic rings. The second kappa shape index (κ2) is 8.72. The van der Waals surface area contributed by atoms with E-state index in [2.05, 4.69) is 15.5 Å². The van der Waals surface area contributed by atoms with Gasteiger partial charge in [-0.3, -0.25) is 0 Å². The first-order valence-corrected chi connectivity index (χ1v) is 11.1. The van der Waals surface area contributed by atoms with Crippen LogP contribution in [0.15, 0.2) is 59.8 Å². The van der Waals surface area contributed by atoms with Gasteiger partial charge in [-0.15, -0.1) is 5.10 Å². The van der Waals surface area contributed by atoms with E-state index in [1.165, 1.54) is 27.4 Å². The molecule has 4 rings (SSSR count). The van der Waals surface area contributed by atoms with Crippen molar-refractivity contribution in [1.29, 1.82) is 0 Å². The van der Waals surface area contributed by atoms with Crippen LogP contribution in [0, 0.1) is 0 Å². The summed E-state index contributed by atoms with van der Waals surface area (Å²) in [5.41, 5.74) is 0.890. The molecule has 0 amide bonds. The Hall–Kier alpha value is -3.11. The lowest BCUT2D eigenvalue weighted by Gasteiger charge is -2.20. The van der Waals surface area contributed by atoms with Gasteiger partial charge in [-0.05, 0) is 65.7 Å². The fraction of sp³-hybridized carbons (Fsp3) is 0.300. The average molecular weight is 427 g/mol. The lowest BCUT2D eigenvalue weighted by atomic mass is 10.2. The summed E-state index contributed by atoms with van der Waals surface area (Å²) in [4.78, 5) is 12.7. The third-order valence-electron chi connectivity index (χ3n) is 4.93. The number of tetrazole rings is 1. The Morgan fingerprint density at radius 3 is 2.37 bits per heavy atom. The van der Waals surface area contributed by atoms with E-state index in [1.807, 2.05) is 0 Å². The van der Waals surface area contributed by atoms with Gasteiger partial charge in [0.15, 0.2) is 0 Å². The summed E-state index contributed by atoms with van der Waals surface area (Å²) in [6.45, 7) is 1.01. The molecule has 156 valence electrons. The molecule has 1 aromatic heterocycles. The Kier molecular flexibility index (Phi) is 5.86. The SMILES string of the molecule is O=C(Oc1ccc(-n2cnnn2)cc1)c1cccc(S(=O)(=O)N2CCCCCC2)c1. The Morgan fingerprint density at radius 2 is 1.70 bits per heavy atom. The zero-order chi connectivity index (χ0) is 21.0. The molecular formula is C20H21N5O4S. The van der Waals surface area contributed by atoms with Crippen LogP contribution in [-0.2, 0) is 10.0 Å². The fourth-order valence-corrected chi connectivity index (χ4v) is 4.89. The van der Waals surface area contributed by atoms with Crippen LogP contribution in [0.4, 0.5) is 0 Å². The Balaban J connectivity index is 1.50. The van der Waals surface area contributed by atoms with Crippen molar-refractivity contribution in [1.82, 2.24) is 24.5 Å². The Bertz CT molecular complexity index is 1110. The second-order valence-corrected chi connectivity index (χ2v) is 8.92. The van der Waals surface area contributed by atoms with Crippen molar-refractivity contribution in [2.45, 2.75) is 30.6 Å². The summed E-state index contributed by atoms with van der Waals surface area (Å²) in [5.74, 6) is -0.296. The molecule has 3 aromatic rings. The zero-order valence-corrected chi connectivity index (χ0v) is 17.0. The maximum atomic E-state index is 13.0. The number of carbonyl (C=O) groups excluding carboxylic acids is 1. The van der Waals surface area contributed by atoms with Crippen LogP contribution in [0.25, 0.3) is 5.69 Å². The summed E-state index contributed by atoms with van der Waals surface area (Å²) in [7, 11) is -3.64. The van der Waals surface area contributed by atoms with Crippen molar-refractivity contribution < 1.29 is 17.9 Å². The van der Waals surface area contributed by atoms with Gasteiger partial charge in [-0.25, -0.2) is 17.9 Å². The number of hydrogen-bond acceptors (Lipinski definition) is 7. The molecule has 0 N–H and O–H groups in total. The highest BCUT2D eigenvalue weighted by Gasteiger charge is 2.26. The molecule has 2 heterocycles. The quantitative estimate of drug-likeness (QED) is 0.455. The molecule has 10 heteroatoms. The molecule has 1 aliphatic heterocycles. The minimum absolute atomic E-state index is 0.105. The molecule has 1 saturated heterocycles. The topological polar surface area (TPSA) is 107 Å². The summed E-state index contributed by atoms with van der Waals surface area (Å²) < 4.78 is 34.3. The standard InChI is InChI=1S/C20H21N5O4S/c26-20(29-18-10-8-17(9-11-18)25-15-21-22-23-25)16-6-5-7-19(14-16)30(27,28)24-12-3-1-2-4-13-24/h5-11,14-15H,1-4,12-13H2. The van der Waals surface area contributed by atoms with Crippen LogP contribution in [0.5, 0.6) is 5.75 Å². The van der Waals surface area contributed by atoms with Gasteiger partial charge >= 0.3 is 5.97 Å². The van der Waals surface area contributed by atoms with Gasteiger partial charge in [0, 0.05) is 13.1 Å². The van der Waals surface area contributed by atoms with Crippen molar-refractivity contribution >= 4 is 16.0 Å². The summed E-state index contributed by atoms with van der Waals surface area (Å²) in [6, 6.07) is 12.6. The molecular weight excluding hydrogens is 406 g/mol. The van der Waals surface area contributed by atoms with Gasteiger partial charge in [0.05, 0.1) is 16.1 Å². The maximum Gasteiger partial charge on any atom is 0.343 e. The van der Waals surface area contributed by atoms with Gasteiger partial charge in [0.25, 0.3) is 0 Å². The molecule has 0 unspecified atom stereocenters. The number of rotatable bonds is 5. The van der Waals surface area contributed by atoms with E-state index < -0.39 is 16.0 Å². The van der Waals surface area contributed by atoms with E-state index in [9.17, 15) is 13.2 Å². The van der Waals surface area contributed by atoms with Crippen molar-refractivity contribution in [3.8, 4) is 11.4 Å². The van der Waals surface area contributed by atoms with E-state index >= 15 is 0 Å². The number of carbonyl (C=O) groups is 1. The Morgan fingerprint density at radius 1 is 0.967 bits per heavy atom. The lowest BCUT2D eigenvalue weighted by Crippen LogP contribution is -2.32. The number of aromatic nitrogens is 4. The minimum atomic E-state index is -3.64. The molecule has 2 aromatic carbocycles. The second-order valence-electron chi connectivity index (χ2n) is 6.98. The summed E-state index contributed by atoms with van der Waals surface area (Å²) >= 11 is 0. The van der Waals surface area contributed by atoms with Gasteiger partial charge < -0.3 is 4.74 Å². The van der Waals surface area contributed by atoms with E-state index in [-0.39, 0.29) is 10.5 Å². The molecule has 30 heavy (non-hydrogen) atoms. The predicted octanol–water partition coefficient (Wildman–Crippen LogP) is 2.45. The fourth-order valence-electron chi connectivity index (χ4n) is 3.33. The smallest absolute Gasteiger partial charge is 0.343 e. The van der Waals surface area contributed by atoms with Crippen LogP contribution in [0.1, 0.15) is 36.0 Å². The molecule has 0 aliphatic carbocycles. The molecule has 0 spiro atoms. The van der Waals surface area contributed by atoms with Gasteiger partial charge in [-0.2, -0.15) is 4.31 Å². The largest absolute Gasteiger partial charge is 0.423 e. The molecule has 1 fully saturated rings. The van der Waals surface area contributed by atoms with E-state index in [0.717, 1.165) is 25.7 Å². The van der Waals surface area contributed by atoms with Crippen LogP contribution >= 0.6 is 0 Å². The van der Waals surface area contributed by atoms with E-state index in [1.54, 1.807) is 36.4 Å². The molecule has 0 saturated carbocycles. The third kappa shape index (κ3) is 4.39. The number of esters is 1. The van der Waals surface area contributed by atoms with Crippen LogP contribution < -0.4 is 4.74 Å². The van der Waals surface area contributed by atoms with E-state index in [0.29, 0.717) is 24.5 Å². The first-order chi connectivity index (χ1) is 14.5. The number of benzene rings is 2. The third-order valence-corrected chi connectivity index (χ3v) is 6.83. The summed E-state index contributed by atoms with van der Waals surface area (Å²) in [6.07, 6.45) is 5.22. The van der Waals surface area contributed by atoms with Crippen LogP contribution in [-0.4, -0.2) is 52.0 Å². The highest BCUT2D eigenvalue weighted by atomic mass is 32.2. The van der Waals surface area contributed by atoms with Crippen LogP contribution in [0.3, 0.4) is 0 Å². The van der Waals surface area contributed by atoms with Crippen LogP contribution in [0.2, 0.25) is 0 Å². The number of ether oxygens (including phenoxy) is 1. The van der Waals surface area contributed by atoms with Gasteiger partial charge in [0.1, 0.15) is 12.1 Å².